The summed E-state index contributed by atoms with van der Waals surface area (Å²) in [6.45, 7) is 3.48. The minimum absolute atomic E-state index is 0.00786. The van der Waals surface area contributed by atoms with Crippen molar-refractivity contribution >= 4 is 15.9 Å². The van der Waals surface area contributed by atoms with Gasteiger partial charge in [-0.3, -0.25) is 4.79 Å². The van der Waals surface area contributed by atoms with E-state index in [9.17, 15) is 17.6 Å². The lowest BCUT2D eigenvalue weighted by atomic mass is 9.91. The zero-order valence-corrected chi connectivity index (χ0v) is 15.4. The first-order valence-corrected chi connectivity index (χ1v) is 10.0. The zero-order chi connectivity index (χ0) is 18.6. The molecule has 0 radical (unpaired) electrons. The van der Waals surface area contributed by atoms with Crippen LogP contribution in [0.5, 0.6) is 0 Å². The summed E-state index contributed by atoms with van der Waals surface area (Å²) >= 11 is 0. The molecule has 25 heavy (non-hydrogen) atoms. The Morgan fingerprint density at radius 3 is 2.36 bits per heavy atom. The number of nitrogens with two attached hydrogens (primary N) is 1. The molecule has 1 fully saturated rings. The minimum atomic E-state index is -4.14. The highest BCUT2D eigenvalue weighted by Crippen LogP contribution is 2.19. The Hall–Kier alpha value is -1.51. The number of halogens is 1. The molecular weight excluding hydrogens is 345 g/mol. The maximum Gasteiger partial charge on any atom is 0.244 e. The van der Waals surface area contributed by atoms with Crippen LogP contribution < -0.4 is 15.8 Å². The predicted molar refractivity (Wildman–Crippen MR) is 93.7 cm³/mol. The largest absolute Gasteiger partial charge is 0.352 e. The van der Waals surface area contributed by atoms with Crippen molar-refractivity contribution in [3.63, 3.8) is 0 Å². The fourth-order valence-electron chi connectivity index (χ4n) is 2.94. The van der Waals surface area contributed by atoms with E-state index in [-0.39, 0.29) is 18.0 Å². The first-order valence-electron chi connectivity index (χ1n) is 8.53. The van der Waals surface area contributed by atoms with Crippen LogP contribution in [0.2, 0.25) is 0 Å². The van der Waals surface area contributed by atoms with Crippen LogP contribution in [0.15, 0.2) is 29.2 Å². The monoisotopic (exact) mass is 371 g/mol. The van der Waals surface area contributed by atoms with Gasteiger partial charge >= 0.3 is 0 Å². The number of benzene rings is 1. The van der Waals surface area contributed by atoms with Gasteiger partial charge in [-0.15, -0.1) is 0 Å². The molecule has 0 aromatic heterocycles. The summed E-state index contributed by atoms with van der Waals surface area (Å²) in [5.74, 6) is -1.53. The first-order chi connectivity index (χ1) is 11.7. The number of nitrogens with one attached hydrogen (secondary N) is 2. The summed E-state index contributed by atoms with van der Waals surface area (Å²) in [6, 6.07) is 4.28. The third-order valence-corrected chi connectivity index (χ3v) is 5.95. The number of hydrogen-bond donors (Lipinski definition) is 3. The lowest BCUT2D eigenvalue weighted by molar-refractivity contribution is -0.124. The third kappa shape index (κ3) is 5.23. The number of amides is 1. The molecule has 8 heteroatoms. The number of sulfonamides is 1. The Bertz CT molecular complexity index is 701. The van der Waals surface area contributed by atoms with Crippen LogP contribution in [-0.2, 0) is 14.8 Å². The van der Waals surface area contributed by atoms with Gasteiger partial charge in [0.1, 0.15) is 16.8 Å². The van der Waals surface area contributed by atoms with E-state index in [1.807, 2.05) is 0 Å². The van der Waals surface area contributed by atoms with E-state index in [1.54, 1.807) is 13.8 Å². The van der Waals surface area contributed by atoms with Gasteiger partial charge in [0.2, 0.25) is 15.9 Å². The molecule has 1 aromatic carbocycles. The summed E-state index contributed by atoms with van der Waals surface area (Å²) < 4.78 is 41.1. The lowest BCUT2D eigenvalue weighted by Gasteiger charge is -2.29. The van der Waals surface area contributed by atoms with Gasteiger partial charge in [-0.2, -0.15) is 4.72 Å². The predicted octanol–water partition coefficient (Wildman–Crippen LogP) is 1.51. The van der Waals surface area contributed by atoms with E-state index in [0.717, 1.165) is 31.7 Å². The van der Waals surface area contributed by atoms with Crippen LogP contribution in [0.3, 0.4) is 0 Å². The molecule has 2 rings (SSSR count). The molecule has 0 bridgehead atoms. The van der Waals surface area contributed by atoms with Gasteiger partial charge in [0.05, 0.1) is 0 Å². The lowest BCUT2D eigenvalue weighted by Crippen LogP contribution is -2.53. The van der Waals surface area contributed by atoms with Gasteiger partial charge in [-0.25, -0.2) is 12.8 Å². The van der Waals surface area contributed by atoms with Gasteiger partial charge in [0, 0.05) is 12.1 Å². The number of carbonyl (C=O) groups excluding carboxylic acids is 1. The van der Waals surface area contributed by atoms with E-state index in [1.165, 1.54) is 18.2 Å². The number of hydrogen-bond acceptors (Lipinski definition) is 4. The molecule has 0 spiro atoms. The molecule has 0 heterocycles. The van der Waals surface area contributed by atoms with Crippen LogP contribution in [0, 0.1) is 11.7 Å². The van der Waals surface area contributed by atoms with Crippen molar-refractivity contribution in [1.29, 1.82) is 0 Å². The molecule has 1 unspecified atom stereocenters. The fraction of sp³-hybridized carbons (Fsp3) is 0.588. The van der Waals surface area contributed by atoms with Gasteiger partial charge in [0.25, 0.3) is 0 Å². The van der Waals surface area contributed by atoms with E-state index in [2.05, 4.69) is 10.0 Å². The van der Waals surface area contributed by atoms with Crippen molar-refractivity contribution in [3.8, 4) is 0 Å². The molecule has 1 aliphatic rings. The summed E-state index contributed by atoms with van der Waals surface area (Å²) in [5.41, 5.74) is 5.86. The quantitative estimate of drug-likeness (QED) is 0.705. The summed E-state index contributed by atoms with van der Waals surface area (Å²) in [6.07, 6.45) is 3.21. The average molecular weight is 371 g/mol. The standard InChI is InChI=1S/C17H26FN3O3S/c1-11(2)16(17(22)20-13-9-7-12(19)8-10-13)21-25(23,24)15-6-4-3-5-14(15)18/h3-6,11-13,16,21H,7-10,19H2,1-2H3,(H,20,22). The average Bonchev–Trinajstić information content (AvgIpc) is 2.54. The molecule has 1 atom stereocenters. The molecule has 4 N–H and O–H groups in total. The fourth-order valence-corrected chi connectivity index (χ4v) is 4.36. The summed E-state index contributed by atoms with van der Waals surface area (Å²) in [4.78, 5) is 12.1. The van der Waals surface area contributed by atoms with Crippen molar-refractivity contribution in [2.75, 3.05) is 0 Å². The normalized spacial score (nSPS) is 22.6. The smallest absolute Gasteiger partial charge is 0.244 e. The Labute approximate surface area is 148 Å². The van der Waals surface area contributed by atoms with Crippen molar-refractivity contribution < 1.29 is 17.6 Å². The second kappa shape index (κ2) is 8.25. The molecule has 0 aliphatic heterocycles. The Balaban J connectivity index is 2.10. The maximum atomic E-state index is 13.8. The van der Waals surface area contributed by atoms with Crippen LogP contribution in [-0.4, -0.2) is 32.5 Å². The molecule has 1 aliphatic carbocycles. The molecule has 1 aromatic rings. The van der Waals surface area contributed by atoms with Crippen LogP contribution in [0.1, 0.15) is 39.5 Å². The molecule has 6 nitrogen and oxygen atoms in total. The molecule has 140 valence electrons. The first kappa shape index (κ1) is 19.8. The third-order valence-electron chi connectivity index (χ3n) is 4.48. The van der Waals surface area contributed by atoms with Crippen molar-refractivity contribution in [2.24, 2.45) is 11.7 Å². The van der Waals surface area contributed by atoms with Crippen molar-refractivity contribution in [2.45, 2.75) is 62.6 Å². The highest BCUT2D eigenvalue weighted by molar-refractivity contribution is 7.89. The Kier molecular flexibility index (Phi) is 6.53. The summed E-state index contributed by atoms with van der Waals surface area (Å²) in [7, 11) is -4.14. The van der Waals surface area contributed by atoms with E-state index < -0.39 is 32.7 Å². The highest BCUT2D eigenvalue weighted by atomic mass is 32.2. The van der Waals surface area contributed by atoms with Gasteiger partial charge < -0.3 is 11.1 Å². The molecule has 1 saturated carbocycles. The minimum Gasteiger partial charge on any atom is -0.352 e. The van der Waals surface area contributed by atoms with Gasteiger partial charge in [-0.05, 0) is 43.7 Å². The van der Waals surface area contributed by atoms with Crippen LogP contribution >= 0.6 is 0 Å². The molecular formula is C17H26FN3O3S. The van der Waals surface area contributed by atoms with Gasteiger partial charge in [-0.1, -0.05) is 26.0 Å². The Morgan fingerprint density at radius 2 is 1.80 bits per heavy atom. The topological polar surface area (TPSA) is 101 Å². The SMILES string of the molecule is CC(C)C(NS(=O)(=O)c1ccccc1F)C(=O)NC1CCC(N)CC1. The highest BCUT2D eigenvalue weighted by Gasteiger charge is 2.31. The second-order valence-corrected chi connectivity index (χ2v) is 8.58. The molecule has 1 amide bonds. The van der Waals surface area contributed by atoms with Gasteiger partial charge in [0.15, 0.2) is 0 Å². The van der Waals surface area contributed by atoms with Crippen molar-refractivity contribution in [1.82, 2.24) is 10.0 Å². The maximum absolute atomic E-state index is 13.8. The van der Waals surface area contributed by atoms with Crippen LogP contribution in [0.25, 0.3) is 0 Å². The van der Waals surface area contributed by atoms with Crippen molar-refractivity contribution in [3.05, 3.63) is 30.1 Å². The second-order valence-electron chi connectivity index (χ2n) is 6.89. The number of rotatable bonds is 6. The number of carbonyl (C=O) groups is 1. The van der Waals surface area contributed by atoms with E-state index in [4.69, 9.17) is 5.73 Å². The zero-order valence-electron chi connectivity index (χ0n) is 14.5. The van der Waals surface area contributed by atoms with E-state index >= 15 is 0 Å². The summed E-state index contributed by atoms with van der Waals surface area (Å²) in [5, 5.41) is 2.89. The van der Waals surface area contributed by atoms with E-state index in [0.29, 0.717) is 0 Å². The Morgan fingerprint density at radius 1 is 1.20 bits per heavy atom. The van der Waals surface area contributed by atoms with Crippen LogP contribution in [0.4, 0.5) is 4.39 Å². The molecule has 0 saturated heterocycles.